The van der Waals surface area contributed by atoms with Crippen LogP contribution in [-0.2, 0) is 4.79 Å². The molecule has 8 nitrogen and oxygen atoms in total. The number of benzene rings is 3. The van der Waals surface area contributed by atoms with Crippen LogP contribution >= 0.6 is 0 Å². The molecule has 31 heavy (non-hydrogen) atoms. The molecule has 0 bridgehead atoms. The highest BCUT2D eigenvalue weighted by Gasteiger charge is 2.15. The first-order valence-electron chi connectivity index (χ1n) is 8.96. The fourth-order valence-electron chi connectivity index (χ4n) is 2.88. The van der Waals surface area contributed by atoms with Crippen LogP contribution < -0.4 is 5.32 Å². The summed E-state index contributed by atoms with van der Waals surface area (Å²) in [6.45, 7) is 0. The van der Waals surface area contributed by atoms with Gasteiger partial charge in [0.05, 0.1) is 10.4 Å². The number of aromatic nitrogens is 2. The number of hydrogen-bond acceptors (Lipinski definition) is 5. The molecule has 1 aromatic heterocycles. The van der Waals surface area contributed by atoms with Gasteiger partial charge in [0.15, 0.2) is 5.82 Å². The predicted octanol–water partition coefficient (Wildman–Crippen LogP) is 3.98. The lowest BCUT2D eigenvalue weighted by molar-refractivity contribution is -0.384. The zero-order chi connectivity index (χ0) is 22.0. The van der Waals surface area contributed by atoms with Crippen LogP contribution in [0.2, 0.25) is 0 Å². The first kappa shape index (κ1) is 19.6. The first-order valence-corrected chi connectivity index (χ1v) is 8.96. The van der Waals surface area contributed by atoms with E-state index in [0.717, 1.165) is 4.73 Å². The quantitative estimate of drug-likeness (QED) is 0.227. The Morgan fingerprint density at radius 3 is 2.48 bits per heavy atom. The summed E-state index contributed by atoms with van der Waals surface area (Å²) in [6.07, 6.45) is 0. The number of nitro benzene ring substituents is 1. The molecular weight excluding hydrogens is 403 g/mol. The van der Waals surface area contributed by atoms with E-state index in [1.807, 2.05) is 0 Å². The number of imidazole rings is 1. The van der Waals surface area contributed by atoms with Crippen molar-refractivity contribution in [3.8, 4) is 23.2 Å². The zero-order valence-corrected chi connectivity index (χ0v) is 15.7. The van der Waals surface area contributed by atoms with Crippen LogP contribution in [0, 0.1) is 27.8 Å². The van der Waals surface area contributed by atoms with E-state index in [1.54, 1.807) is 24.3 Å². The van der Waals surface area contributed by atoms with Crippen LogP contribution in [0.25, 0.3) is 22.4 Å². The van der Waals surface area contributed by atoms with Gasteiger partial charge in [0.1, 0.15) is 11.3 Å². The Morgan fingerprint density at radius 1 is 1.10 bits per heavy atom. The predicted molar refractivity (Wildman–Crippen MR) is 111 cm³/mol. The third-order valence-electron chi connectivity index (χ3n) is 4.39. The van der Waals surface area contributed by atoms with E-state index in [1.165, 1.54) is 42.5 Å². The number of amides is 1. The maximum atomic E-state index is 12.9. The Hall–Kier alpha value is -4.71. The molecule has 152 valence electrons. The number of nitrogens with zero attached hydrogens (tertiary/aromatic N) is 3. The number of nitro groups is 1. The van der Waals surface area contributed by atoms with E-state index in [2.05, 4.69) is 22.1 Å². The van der Waals surface area contributed by atoms with Crippen LogP contribution in [0.5, 0.6) is 0 Å². The minimum absolute atomic E-state index is 0.158. The van der Waals surface area contributed by atoms with Crippen molar-refractivity contribution in [3.05, 3.63) is 88.2 Å². The lowest BCUT2D eigenvalue weighted by Crippen LogP contribution is -2.08. The molecule has 1 heterocycles. The second kappa shape index (κ2) is 7.96. The number of halogens is 1. The maximum Gasteiger partial charge on any atom is 0.300 e. The van der Waals surface area contributed by atoms with Gasteiger partial charge in [-0.15, -0.1) is 0 Å². The SMILES string of the molecule is O=C(C#Cc1ccc(F)cc1)Nc1ccc(-c2nc3ccc([N+](=O)[O-])cc3n2O)cc1. The van der Waals surface area contributed by atoms with E-state index in [4.69, 9.17) is 0 Å². The van der Waals surface area contributed by atoms with Crippen molar-refractivity contribution in [1.29, 1.82) is 0 Å². The number of fused-ring (bicyclic) bond motifs is 1. The molecule has 2 N–H and O–H groups in total. The van der Waals surface area contributed by atoms with Crippen molar-refractivity contribution in [2.45, 2.75) is 0 Å². The van der Waals surface area contributed by atoms with Crippen LogP contribution in [0.4, 0.5) is 15.8 Å². The van der Waals surface area contributed by atoms with Crippen molar-refractivity contribution in [2.75, 3.05) is 5.32 Å². The van der Waals surface area contributed by atoms with Crippen molar-refractivity contribution in [3.63, 3.8) is 0 Å². The van der Waals surface area contributed by atoms with Crippen LogP contribution in [0.1, 0.15) is 5.56 Å². The zero-order valence-electron chi connectivity index (χ0n) is 15.7. The molecule has 0 atom stereocenters. The molecule has 4 aromatic rings. The average molecular weight is 416 g/mol. The van der Waals surface area contributed by atoms with Crippen molar-refractivity contribution < 1.29 is 19.3 Å². The third kappa shape index (κ3) is 4.18. The topological polar surface area (TPSA) is 110 Å². The molecule has 0 aliphatic heterocycles. The lowest BCUT2D eigenvalue weighted by Gasteiger charge is -2.04. The number of non-ortho nitro benzene ring substituents is 1. The minimum atomic E-state index is -0.553. The van der Waals surface area contributed by atoms with Gasteiger partial charge in [-0.1, -0.05) is 5.92 Å². The second-order valence-corrected chi connectivity index (χ2v) is 6.47. The highest BCUT2D eigenvalue weighted by atomic mass is 19.1. The Morgan fingerprint density at radius 2 is 1.81 bits per heavy atom. The molecule has 4 rings (SSSR count). The molecule has 0 radical (unpaired) electrons. The van der Waals surface area contributed by atoms with Gasteiger partial charge in [0.25, 0.3) is 5.69 Å². The van der Waals surface area contributed by atoms with Crippen molar-refractivity contribution >= 4 is 28.3 Å². The Balaban J connectivity index is 1.52. The van der Waals surface area contributed by atoms with Gasteiger partial charge < -0.3 is 10.5 Å². The van der Waals surface area contributed by atoms with Gasteiger partial charge in [-0.25, -0.2) is 9.37 Å². The Bertz CT molecular complexity index is 1370. The van der Waals surface area contributed by atoms with E-state index in [-0.39, 0.29) is 22.8 Å². The molecule has 0 saturated carbocycles. The van der Waals surface area contributed by atoms with Crippen LogP contribution in [0.15, 0.2) is 66.7 Å². The summed E-state index contributed by atoms with van der Waals surface area (Å²) in [7, 11) is 0. The smallest absolute Gasteiger partial charge is 0.300 e. The summed E-state index contributed by atoms with van der Waals surface area (Å²) < 4.78 is 13.7. The van der Waals surface area contributed by atoms with E-state index in [9.17, 15) is 24.5 Å². The van der Waals surface area contributed by atoms with Gasteiger partial charge >= 0.3 is 5.91 Å². The maximum absolute atomic E-state index is 12.9. The van der Waals surface area contributed by atoms with Crippen molar-refractivity contribution in [1.82, 2.24) is 9.71 Å². The Labute approximate surface area is 174 Å². The van der Waals surface area contributed by atoms with Gasteiger partial charge in [-0.3, -0.25) is 14.9 Å². The van der Waals surface area contributed by atoms with Gasteiger partial charge in [-0.05, 0) is 54.6 Å². The molecule has 0 fully saturated rings. The summed E-state index contributed by atoms with van der Waals surface area (Å²) in [5, 5.41) is 23.9. The molecule has 0 spiro atoms. The van der Waals surface area contributed by atoms with E-state index < -0.39 is 10.8 Å². The van der Waals surface area contributed by atoms with Crippen LogP contribution in [0.3, 0.4) is 0 Å². The summed E-state index contributed by atoms with van der Waals surface area (Å²) in [4.78, 5) is 26.7. The normalized spacial score (nSPS) is 10.4. The highest BCUT2D eigenvalue weighted by molar-refractivity contribution is 6.04. The summed E-state index contributed by atoms with van der Waals surface area (Å²) in [6, 6.07) is 15.9. The number of hydrogen-bond donors (Lipinski definition) is 2. The first-order chi connectivity index (χ1) is 14.9. The van der Waals surface area contributed by atoms with Crippen molar-refractivity contribution in [2.24, 2.45) is 0 Å². The molecule has 0 saturated heterocycles. The van der Waals surface area contributed by atoms with E-state index in [0.29, 0.717) is 22.3 Å². The number of carbonyl (C=O) groups is 1. The minimum Gasteiger partial charge on any atom is -0.426 e. The fourth-order valence-corrected chi connectivity index (χ4v) is 2.88. The number of rotatable bonds is 3. The fraction of sp³-hybridized carbons (Fsp3) is 0. The largest absolute Gasteiger partial charge is 0.426 e. The molecule has 9 heteroatoms. The number of anilines is 1. The molecular formula is C22H13FN4O4. The van der Waals surface area contributed by atoms with Gasteiger partial charge in [0, 0.05) is 34.9 Å². The highest BCUT2D eigenvalue weighted by Crippen LogP contribution is 2.27. The van der Waals surface area contributed by atoms with Crippen LogP contribution in [-0.4, -0.2) is 25.8 Å². The molecule has 1 amide bonds. The molecule has 3 aromatic carbocycles. The number of nitrogens with one attached hydrogen (secondary N) is 1. The summed E-state index contributed by atoms with van der Waals surface area (Å²) in [5.41, 5.74) is 1.97. The summed E-state index contributed by atoms with van der Waals surface area (Å²) >= 11 is 0. The number of carbonyl (C=O) groups excluding carboxylic acids is 1. The Kier molecular flexibility index (Phi) is 5.03. The molecule has 0 aliphatic carbocycles. The molecule has 0 aliphatic rings. The second-order valence-electron chi connectivity index (χ2n) is 6.47. The standard InChI is InChI=1S/C22H13FN4O4/c23-16-6-1-14(2-7-16)3-12-21(28)24-17-8-4-15(5-9-17)22-25-19-11-10-18(27(30)31)13-20(19)26(22)29/h1-2,4-11,13,29H,(H,24,28). The average Bonchev–Trinajstić information content (AvgIpc) is 3.10. The lowest BCUT2D eigenvalue weighted by atomic mass is 10.2. The van der Waals surface area contributed by atoms with Gasteiger partial charge in [-0.2, -0.15) is 4.73 Å². The summed E-state index contributed by atoms with van der Waals surface area (Å²) in [5.74, 6) is 4.33. The van der Waals surface area contributed by atoms with Gasteiger partial charge in [0.2, 0.25) is 0 Å². The molecule has 0 unspecified atom stereocenters. The van der Waals surface area contributed by atoms with E-state index >= 15 is 0 Å². The third-order valence-corrected chi connectivity index (χ3v) is 4.39. The monoisotopic (exact) mass is 416 g/mol.